The highest BCUT2D eigenvalue weighted by atomic mass is 16.4. The predicted octanol–water partition coefficient (Wildman–Crippen LogP) is 2.63. The van der Waals surface area contributed by atoms with Crippen molar-refractivity contribution in [3.05, 3.63) is 53.7 Å². The molecule has 1 unspecified atom stereocenters. The Kier molecular flexibility index (Phi) is 3.38. The van der Waals surface area contributed by atoms with E-state index < -0.39 is 0 Å². The molecule has 3 heterocycles. The van der Waals surface area contributed by atoms with Crippen LogP contribution in [0.4, 0.5) is 0 Å². The summed E-state index contributed by atoms with van der Waals surface area (Å²) in [5.41, 5.74) is 1.88. The highest BCUT2D eigenvalue weighted by molar-refractivity contribution is 5.92. The Balaban J connectivity index is 1.64. The number of furan rings is 1. The van der Waals surface area contributed by atoms with E-state index in [9.17, 15) is 4.79 Å². The standard InChI is InChI=1S/C17H17N3O3/c21-10-11-7-8-15(23-11)17(22)20-9-3-6-14(20)16-18-12-4-1-2-5-13(12)19-16/h1-2,4-5,7-8,14,21H,3,6,9-10H2,(H,18,19). The Bertz CT molecular complexity index is 819. The van der Waals surface area contributed by atoms with Crippen LogP contribution in [0.5, 0.6) is 0 Å². The molecule has 1 amide bonds. The number of rotatable bonds is 3. The molecule has 23 heavy (non-hydrogen) atoms. The second-order valence-electron chi connectivity index (χ2n) is 5.72. The number of carbonyl (C=O) groups is 1. The molecule has 0 saturated carbocycles. The van der Waals surface area contributed by atoms with Gasteiger partial charge in [0.05, 0.1) is 17.1 Å². The lowest BCUT2D eigenvalue weighted by Crippen LogP contribution is -2.30. The second-order valence-corrected chi connectivity index (χ2v) is 5.72. The Hall–Kier alpha value is -2.60. The monoisotopic (exact) mass is 311 g/mol. The summed E-state index contributed by atoms with van der Waals surface area (Å²) >= 11 is 0. The van der Waals surface area contributed by atoms with E-state index in [1.165, 1.54) is 0 Å². The molecule has 0 radical (unpaired) electrons. The van der Waals surface area contributed by atoms with Gasteiger partial charge in [0.2, 0.25) is 0 Å². The predicted molar refractivity (Wildman–Crippen MR) is 83.7 cm³/mol. The van der Waals surface area contributed by atoms with Gasteiger partial charge >= 0.3 is 0 Å². The van der Waals surface area contributed by atoms with Gasteiger partial charge in [-0.2, -0.15) is 0 Å². The lowest BCUT2D eigenvalue weighted by atomic mass is 10.2. The number of H-pyrrole nitrogens is 1. The van der Waals surface area contributed by atoms with Gasteiger partial charge in [-0.15, -0.1) is 0 Å². The maximum absolute atomic E-state index is 12.7. The summed E-state index contributed by atoms with van der Waals surface area (Å²) in [7, 11) is 0. The van der Waals surface area contributed by atoms with Crippen LogP contribution in [0, 0.1) is 0 Å². The van der Waals surface area contributed by atoms with Crippen molar-refractivity contribution in [2.45, 2.75) is 25.5 Å². The van der Waals surface area contributed by atoms with Crippen LogP contribution in [-0.4, -0.2) is 32.4 Å². The first-order valence-electron chi connectivity index (χ1n) is 7.71. The van der Waals surface area contributed by atoms with E-state index in [2.05, 4.69) is 9.97 Å². The molecule has 0 bridgehead atoms. The van der Waals surface area contributed by atoms with Crippen LogP contribution < -0.4 is 0 Å². The van der Waals surface area contributed by atoms with Crippen LogP contribution in [0.2, 0.25) is 0 Å². The number of carbonyl (C=O) groups excluding carboxylic acids is 1. The van der Waals surface area contributed by atoms with Crippen molar-refractivity contribution in [3.63, 3.8) is 0 Å². The molecule has 1 fully saturated rings. The van der Waals surface area contributed by atoms with Crippen LogP contribution in [0.3, 0.4) is 0 Å². The zero-order valence-electron chi connectivity index (χ0n) is 12.5. The molecule has 1 atom stereocenters. The van der Waals surface area contributed by atoms with Gasteiger partial charge in [0.25, 0.3) is 5.91 Å². The fraction of sp³-hybridized carbons (Fsp3) is 0.294. The van der Waals surface area contributed by atoms with E-state index in [0.29, 0.717) is 12.3 Å². The Morgan fingerprint density at radius 3 is 3.00 bits per heavy atom. The summed E-state index contributed by atoms with van der Waals surface area (Å²) in [6.07, 6.45) is 1.81. The lowest BCUT2D eigenvalue weighted by molar-refractivity contribution is 0.0693. The molecule has 2 aromatic heterocycles. The summed E-state index contributed by atoms with van der Waals surface area (Å²) in [6, 6.07) is 11.0. The summed E-state index contributed by atoms with van der Waals surface area (Å²) in [4.78, 5) is 22.4. The van der Waals surface area contributed by atoms with Gasteiger partial charge in [-0.3, -0.25) is 4.79 Å². The molecule has 1 aliphatic heterocycles. The summed E-state index contributed by atoms with van der Waals surface area (Å²) in [5.74, 6) is 1.31. The van der Waals surface area contributed by atoms with Crippen molar-refractivity contribution in [2.24, 2.45) is 0 Å². The number of hydrogen-bond acceptors (Lipinski definition) is 4. The molecule has 0 spiro atoms. The average Bonchev–Trinajstić information content (AvgIpc) is 3.30. The molecule has 1 aromatic carbocycles. The van der Waals surface area contributed by atoms with Crippen LogP contribution in [0.25, 0.3) is 11.0 Å². The minimum Gasteiger partial charge on any atom is -0.453 e. The number of likely N-dealkylation sites (tertiary alicyclic amines) is 1. The largest absolute Gasteiger partial charge is 0.453 e. The number of imidazole rings is 1. The third-order valence-electron chi connectivity index (χ3n) is 4.27. The summed E-state index contributed by atoms with van der Waals surface area (Å²) in [5, 5.41) is 9.08. The van der Waals surface area contributed by atoms with E-state index in [4.69, 9.17) is 9.52 Å². The fourth-order valence-corrected chi connectivity index (χ4v) is 3.14. The van der Waals surface area contributed by atoms with Gasteiger partial charge in [-0.05, 0) is 37.1 Å². The maximum Gasteiger partial charge on any atom is 0.290 e. The highest BCUT2D eigenvalue weighted by Gasteiger charge is 2.33. The quantitative estimate of drug-likeness (QED) is 0.779. The number of aliphatic hydroxyl groups is 1. The van der Waals surface area contributed by atoms with Gasteiger partial charge < -0.3 is 19.4 Å². The molecule has 118 valence electrons. The molecule has 6 nitrogen and oxygen atoms in total. The normalized spacial score (nSPS) is 18.0. The number of fused-ring (bicyclic) bond motifs is 1. The number of aromatic nitrogens is 2. The smallest absolute Gasteiger partial charge is 0.290 e. The molecule has 4 rings (SSSR count). The maximum atomic E-state index is 12.7. The molecule has 2 N–H and O–H groups in total. The van der Waals surface area contributed by atoms with Crippen LogP contribution in [-0.2, 0) is 6.61 Å². The number of amides is 1. The van der Waals surface area contributed by atoms with Crippen molar-refractivity contribution in [1.29, 1.82) is 0 Å². The summed E-state index contributed by atoms with van der Waals surface area (Å²) < 4.78 is 5.38. The molecular weight excluding hydrogens is 294 g/mol. The fourth-order valence-electron chi connectivity index (χ4n) is 3.14. The number of hydrogen-bond donors (Lipinski definition) is 2. The minimum absolute atomic E-state index is 0.0717. The number of nitrogens with one attached hydrogen (secondary N) is 1. The second kappa shape index (κ2) is 5.55. The van der Waals surface area contributed by atoms with Crippen molar-refractivity contribution in [3.8, 4) is 0 Å². The SMILES string of the molecule is O=C(c1ccc(CO)o1)N1CCCC1c1nc2ccccc2[nH]1. The lowest BCUT2D eigenvalue weighted by Gasteiger charge is -2.22. The molecule has 3 aromatic rings. The topological polar surface area (TPSA) is 82.4 Å². The number of nitrogens with zero attached hydrogens (tertiary/aromatic N) is 2. The van der Waals surface area contributed by atoms with E-state index in [0.717, 1.165) is 29.7 Å². The molecule has 0 aliphatic carbocycles. The van der Waals surface area contributed by atoms with Crippen molar-refractivity contribution < 1.29 is 14.3 Å². The van der Waals surface area contributed by atoms with Crippen molar-refractivity contribution >= 4 is 16.9 Å². The molecule has 6 heteroatoms. The third kappa shape index (κ3) is 2.41. The van der Waals surface area contributed by atoms with Crippen LogP contribution >= 0.6 is 0 Å². The molecule has 1 saturated heterocycles. The Morgan fingerprint density at radius 2 is 2.22 bits per heavy atom. The molecule has 1 aliphatic rings. The molecular formula is C17H17N3O3. The number of aliphatic hydroxyl groups excluding tert-OH is 1. The zero-order chi connectivity index (χ0) is 15.8. The average molecular weight is 311 g/mol. The minimum atomic E-state index is -0.208. The first kappa shape index (κ1) is 14.0. The van der Waals surface area contributed by atoms with Crippen molar-refractivity contribution in [1.82, 2.24) is 14.9 Å². The van der Waals surface area contributed by atoms with Gasteiger partial charge in [0.15, 0.2) is 5.76 Å². The van der Waals surface area contributed by atoms with Crippen LogP contribution in [0.1, 0.15) is 41.0 Å². The first-order valence-corrected chi connectivity index (χ1v) is 7.71. The van der Waals surface area contributed by atoms with Crippen LogP contribution in [0.15, 0.2) is 40.8 Å². The Labute approximate surface area is 132 Å². The van der Waals surface area contributed by atoms with Gasteiger partial charge in [-0.25, -0.2) is 4.98 Å². The third-order valence-corrected chi connectivity index (χ3v) is 4.27. The van der Waals surface area contributed by atoms with Gasteiger partial charge in [-0.1, -0.05) is 12.1 Å². The van der Waals surface area contributed by atoms with E-state index >= 15 is 0 Å². The van der Waals surface area contributed by atoms with Crippen molar-refractivity contribution in [2.75, 3.05) is 6.54 Å². The highest BCUT2D eigenvalue weighted by Crippen LogP contribution is 2.32. The number of aromatic amines is 1. The zero-order valence-corrected chi connectivity index (χ0v) is 12.5. The van der Waals surface area contributed by atoms with Gasteiger partial charge in [0.1, 0.15) is 18.2 Å². The summed E-state index contributed by atoms with van der Waals surface area (Å²) in [6.45, 7) is 0.468. The van der Waals surface area contributed by atoms with E-state index in [1.807, 2.05) is 24.3 Å². The van der Waals surface area contributed by atoms with E-state index in [1.54, 1.807) is 17.0 Å². The first-order chi connectivity index (χ1) is 11.3. The van der Waals surface area contributed by atoms with E-state index in [-0.39, 0.29) is 24.3 Å². The number of para-hydroxylation sites is 2. The van der Waals surface area contributed by atoms with Gasteiger partial charge in [0, 0.05) is 6.54 Å². The Morgan fingerprint density at radius 1 is 1.35 bits per heavy atom. The number of benzene rings is 1.